The van der Waals surface area contributed by atoms with Crippen molar-refractivity contribution in [3.63, 3.8) is 0 Å². The van der Waals surface area contributed by atoms with Crippen LogP contribution in [-0.2, 0) is 10.8 Å². The van der Waals surface area contributed by atoms with Crippen molar-refractivity contribution >= 4 is 0 Å². The minimum absolute atomic E-state index is 0.206. The van der Waals surface area contributed by atoms with Gasteiger partial charge < -0.3 is 10.2 Å². The van der Waals surface area contributed by atoms with E-state index in [4.69, 9.17) is 0 Å². The van der Waals surface area contributed by atoms with Gasteiger partial charge in [0, 0.05) is 22.3 Å². The van der Waals surface area contributed by atoms with Gasteiger partial charge in [-0.15, -0.1) is 0 Å². The predicted octanol–water partition coefficient (Wildman–Crippen LogP) is 11.5. The Labute approximate surface area is 235 Å². The SMILES string of the molecule is CCCCC(CCC)c1cc(-c2cc(C(CCC)CCCC)cc(C(C)(C)C)c2O)c(O)c(C(C)(C)C)c1. The van der Waals surface area contributed by atoms with E-state index < -0.39 is 0 Å². The van der Waals surface area contributed by atoms with E-state index in [0.29, 0.717) is 23.3 Å². The minimum Gasteiger partial charge on any atom is -0.507 e. The number of unbranched alkanes of at least 4 members (excludes halogenated alkanes) is 2. The maximum atomic E-state index is 11.8. The molecular formula is C36H58O2. The van der Waals surface area contributed by atoms with Crippen molar-refractivity contribution in [3.05, 3.63) is 46.5 Å². The first-order valence-electron chi connectivity index (χ1n) is 15.5. The van der Waals surface area contributed by atoms with Gasteiger partial charge in [0.2, 0.25) is 0 Å². The second-order valence-electron chi connectivity index (χ2n) is 13.7. The molecule has 2 heteroatoms. The Kier molecular flexibility index (Phi) is 11.8. The van der Waals surface area contributed by atoms with Gasteiger partial charge in [0.25, 0.3) is 0 Å². The number of phenolic OH excluding ortho intramolecular Hbond substituents is 2. The summed E-state index contributed by atoms with van der Waals surface area (Å²) in [6, 6.07) is 8.91. The highest BCUT2D eigenvalue weighted by molar-refractivity contribution is 5.80. The zero-order valence-electron chi connectivity index (χ0n) is 26.4. The van der Waals surface area contributed by atoms with Gasteiger partial charge in [-0.25, -0.2) is 0 Å². The average molecular weight is 523 g/mol. The Bertz CT molecular complexity index is 936. The molecule has 0 fully saturated rings. The van der Waals surface area contributed by atoms with Crippen LogP contribution in [0.4, 0.5) is 0 Å². The highest BCUT2D eigenvalue weighted by atomic mass is 16.3. The van der Waals surface area contributed by atoms with Crippen LogP contribution < -0.4 is 0 Å². The molecule has 2 atom stereocenters. The van der Waals surface area contributed by atoms with Crippen molar-refractivity contribution in [1.82, 2.24) is 0 Å². The molecule has 0 saturated heterocycles. The maximum Gasteiger partial charge on any atom is 0.127 e. The third-order valence-electron chi connectivity index (χ3n) is 8.20. The van der Waals surface area contributed by atoms with Crippen molar-refractivity contribution in [1.29, 1.82) is 0 Å². The molecule has 0 aliphatic carbocycles. The van der Waals surface area contributed by atoms with Crippen LogP contribution in [0.3, 0.4) is 0 Å². The van der Waals surface area contributed by atoms with Crippen molar-refractivity contribution in [2.24, 2.45) is 0 Å². The van der Waals surface area contributed by atoms with Crippen LogP contribution in [0.15, 0.2) is 24.3 Å². The minimum atomic E-state index is -0.206. The smallest absolute Gasteiger partial charge is 0.127 e. The monoisotopic (exact) mass is 522 g/mol. The molecular weight excluding hydrogens is 464 g/mol. The highest BCUT2D eigenvalue weighted by Crippen LogP contribution is 2.48. The molecule has 0 aliphatic rings. The molecule has 2 unspecified atom stereocenters. The molecule has 0 radical (unpaired) electrons. The van der Waals surface area contributed by atoms with Crippen molar-refractivity contribution < 1.29 is 10.2 Å². The van der Waals surface area contributed by atoms with Crippen LogP contribution in [0, 0.1) is 0 Å². The summed E-state index contributed by atoms with van der Waals surface area (Å²) in [6.45, 7) is 22.1. The normalized spacial score (nSPS) is 14.1. The first-order chi connectivity index (χ1) is 17.8. The second kappa shape index (κ2) is 13.9. The number of hydrogen-bond donors (Lipinski definition) is 2. The molecule has 0 aromatic heterocycles. The van der Waals surface area contributed by atoms with Crippen LogP contribution in [0.25, 0.3) is 11.1 Å². The lowest BCUT2D eigenvalue weighted by atomic mass is 9.77. The van der Waals surface area contributed by atoms with E-state index in [2.05, 4.69) is 93.5 Å². The van der Waals surface area contributed by atoms with Crippen LogP contribution in [0.5, 0.6) is 11.5 Å². The summed E-state index contributed by atoms with van der Waals surface area (Å²) in [7, 11) is 0. The summed E-state index contributed by atoms with van der Waals surface area (Å²) < 4.78 is 0. The van der Waals surface area contributed by atoms with Crippen LogP contribution in [0.1, 0.15) is 168 Å². The van der Waals surface area contributed by atoms with E-state index in [1.807, 2.05) is 0 Å². The first kappa shape index (κ1) is 32.3. The standard InChI is InChI=1S/C36H58O2/c1-11-15-19-25(17-13-3)27-21-29(33(37)31(23-27)35(5,6)7)30-22-28(26(18-14-4)20-16-12-2)24-32(34(30)38)36(8,9)10/h21-26,37-38H,11-20H2,1-10H3. The Balaban J connectivity index is 2.91. The lowest BCUT2D eigenvalue weighted by Gasteiger charge is -2.29. The van der Waals surface area contributed by atoms with E-state index in [0.717, 1.165) is 60.8 Å². The zero-order valence-corrected chi connectivity index (χ0v) is 26.4. The van der Waals surface area contributed by atoms with E-state index in [1.54, 1.807) is 0 Å². The zero-order chi connectivity index (χ0) is 28.7. The van der Waals surface area contributed by atoms with E-state index in [9.17, 15) is 10.2 Å². The van der Waals surface area contributed by atoms with Crippen LogP contribution in [-0.4, -0.2) is 10.2 Å². The Morgan fingerprint density at radius 2 is 0.868 bits per heavy atom. The summed E-state index contributed by atoms with van der Waals surface area (Å²) in [5.74, 6) is 1.57. The molecule has 0 aliphatic heterocycles. The molecule has 0 spiro atoms. The Morgan fingerprint density at radius 3 is 1.13 bits per heavy atom. The molecule has 0 bridgehead atoms. The molecule has 2 nitrogen and oxygen atoms in total. The maximum absolute atomic E-state index is 11.8. The molecule has 214 valence electrons. The van der Waals surface area contributed by atoms with Gasteiger partial charge in [0.1, 0.15) is 11.5 Å². The van der Waals surface area contributed by atoms with Gasteiger partial charge in [-0.05, 0) is 71.6 Å². The second-order valence-corrected chi connectivity index (χ2v) is 13.7. The van der Waals surface area contributed by atoms with Crippen molar-refractivity contribution in [2.75, 3.05) is 0 Å². The van der Waals surface area contributed by atoms with Crippen molar-refractivity contribution in [3.8, 4) is 22.6 Å². The van der Waals surface area contributed by atoms with Gasteiger partial charge in [-0.3, -0.25) is 0 Å². The molecule has 0 heterocycles. The number of rotatable bonds is 13. The fraction of sp³-hybridized carbons (Fsp3) is 0.667. The molecule has 2 aromatic carbocycles. The summed E-state index contributed by atoms with van der Waals surface area (Å²) >= 11 is 0. The summed E-state index contributed by atoms with van der Waals surface area (Å²) in [5, 5.41) is 23.5. The predicted molar refractivity (Wildman–Crippen MR) is 167 cm³/mol. The Morgan fingerprint density at radius 1 is 0.526 bits per heavy atom. The molecule has 0 saturated carbocycles. The molecule has 2 rings (SSSR count). The Hall–Kier alpha value is -1.96. The van der Waals surface area contributed by atoms with E-state index in [-0.39, 0.29) is 10.8 Å². The topological polar surface area (TPSA) is 40.5 Å². The highest BCUT2D eigenvalue weighted by Gasteiger charge is 2.29. The first-order valence-corrected chi connectivity index (χ1v) is 15.5. The van der Waals surface area contributed by atoms with Crippen LogP contribution in [0.2, 0.25) is 0 Å². The fourth-order valence-corrected chi connectivity index (χ4v) is 5.89. The van der Waals surface area contributed by atoms with Gasteiger partial charge >= 0.3 is 0 Å². The summed E-state index contributed by atoms with van der Waals surface area (Å²) in [5.41, 5.74) is 5.72. The summed E-state index contributed by atoms with van der Waals surface area (Å²) in [4.78, 5) is 0. The number of aromatic hydroxyl groups is 2. The quantitative estimate of drug-likeness (QED) is 0.274. The summed E-state index contributed by atoms with van der Waals surface area (Å²) in [6.07, 6.45) is 11.7. The largest absolute Gasteiger partial charge is 0.507 e. The van der Waals surface area contributed by atoms with Crippen molar-refractivity contribution in [2.45, 2.75) is 156 Å². The molecule has 0 amide bonds. The molecule has 2 aromatic rings. The third kappa shape index (κ3) is 8.03. The van der Waals surface area contributed by atoms with Gasteiger partial charge in [0.05, 0.1) is 0 Å². The molecule has 2 N–H and O–H groups in total. The lowest BCUT2D eigenvalue weighted by Crippen LogP contribution is -2.15. The lowest BCUT2D eigenvalue weighted by molar-refractivity contribution is 0.438. The van der Waals surface area contributed by atoms with Crippen LogP contribution >= 0.6 is 0 Å². The van der Waals surface area contributed by atoms with Gasteiger partial charge in [0.15, 0.2) is 0 Å². The number of phenols is 2. The van der Waals surface area contributed by atoms with Gasteiger partial charge in [-0.1, -0.05) is 120 Å². The number of hydrogen-bond acceptors (Lipinski definition) is 2. The number of benzene rings is 2. The third-order valence-corrected chi connectivity index (χ3v) is 8.20. The molecule has 38 heavy (non-hydrogen) atoms. The van der Waals surface area contributed by atoms with Gasteiger partial charge in [-0.2, -0.15) is 0 Å². The fourth-order valence-electron chi connectivity index (χ4n) is 5.89. The van der Waals surface area contributed by atoms with E-state index in [1.165, 1.54) is 36.8 Å². The average Bonchev–Trinajstić information content (AvgIpc) is 2.83. The van der Waals surface area contributed by atoms with E-state index >= 15 is 0 Å².